The van der Waals surface area contributed by atoms with Crippen LogP contribution in [0, 0.1) is 0 Å². The van der Waals surface area contributed by atoms with Crippen LogP contribution in [0.4, 0.5) is 4.79 Å². The van der Waals surface area contributed by atoms with Gasteiger partial charge in [0.1, 0.15) is 12.1 Å². The molecule has 1 rings (SSSR count). The SMILES string of the molecule is CCCC(NCSC(C)=O)C(=O)[N+]1(C(=O)O)CCC[C@H]1C. The van der Waals surface area contributed by atoms with Gasteiger partial charge >= 0.3 is 12.0 Å². The lowest BCUT2D eigenvalue weighted by Crippen LogP contribution is -2.63. The third kappa shape index (κ3) is 4.05. The molecule has 1 heterocycles. The lowest BCUT2D eigenvalue weighted by molar-refractivity contribution is -0.793. The molecule has 0 aliphatic carbocycles. The summed E-state index contributed by atoms with van der Waals surface area (Å²) in [5, 5.41) is 12.6. The fraction of sp³-hybridized carbons (Fsp3) is 0.786. The van der Waals surface area contributed by atoms with Gasteiger partial charge in [0.05, 0.1) is 12.4 Å². The van der Waals surface area contributed by atoms with Crippen LogP contribution in [0.15, 0.2) is 0 Å². The van der Waals surface area contributed by atoms with Crippen LogP contribution in [0.25, 0.3) is 0 Å². The largest absolute Gasteiger partial charge is 0.521 e. The zero-order valence-corrected chi connectivity index (χ0v) is 13.7. The van der Waals surface area contributed by atoms with E-state index in [1.807, 2.05) is 13.8 Å². The lowest BCUT2D eigenvalue weighted by atomic mass is 10.1. The molecule has 0 radical (unpaired) electrons. The van der Waals surface area contributed by atoms with Gasteiger partial charge in [-0.3, -0.25) is 10.1 Å². The van der Waals surface area contributed by atoms with Crippen LogP contribution in [0.2, 0.25) is 0 Å². The Morgan fingerprint density at radius 2 is 2.10 bits per heavy atom. The molecule has 6 nitrogen and oxygen atoms in total. The molecule has 1 aliphatic rings. The minimum absolute atomic E-state index is 0.0260. The van der Waals surface area contributed by atoms with Crippen molar-refractivity contribution in [2.24, 2.45) is 0 Å². The van der Waals surface area contributed by atoms with E-state index < -0.39 is 16.6 Å². The Balaban J connectivity index is 2.87. The zero-order valence-electron chi connectivity index (χ0n) is 12.9. The summed E-state index contributed by atoms with van der Waals surface area (Å²) in [6, 6.07) is -0.713. The Morgan fingerprint density at radius 3 is 2.52 bits per heavy atom. The molecule has 3 atom stereocenters. The van der Waals surface area contributed by atoms with E-state index in [0.717, 1.165) is 31.0 Å². The molecule has 1 saturated heterocycles. The number of carbonyl (C=O) groups excluding carboxylic acids is 2. The number of hydrogen-bond acceptors (Lipinski definition) is 5. The summed E-state index contributed by atoms with van der Waals surface area (Å²) in [6.07, 6.45) is 1.80. The van der Waals surface area contributed by atoms with E-state index in [0.29, 0.717) is 18.8 Å². The first-order valence-corrected chi connectivity index (χ1v) is 8.37. The number of nitrogens with zero attached hydrogens (tertiary/aromatic N) is 1. The highest BCUT2D eigenvalue weighted by atomic mass is 32.2. The molecule has 0 spiro atoms. The first kappa shape index (κ1) is 18.1. The van der Waals surface area contributed by atoms with Gasteiger partial charge in [-0.25, -0.2) is 4.79 Å². The van der Waals surface area contributed by atoms with Crippen molar-refractivity contribution in [2.45, 2.75) is 58.5 Å². The number of thioether (sulfide) groups is 1. The second kappa shape index (κ2) is 7.91. The molecule has 1 fully saturated rings. The Labute approximate surface area is 129 Å². The van der Waals surface area contributed by atoms with Gasteiger partial charge in [0.2, 0.25) is 0 Å². The third-order valence-corrected chi connectivity index (χ3v) is 4.82. The van der Waals surface area contributed by atoms with E-state index >= 15 is 0 Å². The summed E-state index contributed by atoms with van der Waals surface area (Å²) in [6.45, 7) is 5.61. The molecule has 0 aromatic carbocycles. The van der Waals surface area contributed by atoms with Gasteiger partial charge in [0, 0.05) is 19.8 Å². The maximum absolute atomic E-state index is 12.8. The fourth-order valence-corrected chi connectivity index (χ4v) is 3.39. The molecular weight excluding hydrogens is 292 g/mol. The third-order valence-electron chi connectivity index (χ3n) is 4.10. The summed E-state index contributed by atoms with van der Waals surface area (Å²) < 4.78 is -0.484. The number of amides is 2. The van der Waals surface area contributed by atoms with Crippen LogP contribution >= 0.6 is 11.8 Å². The van der Waals surface area contributed by atoms with E-state index in [9.17, 15) is 19.5 Å². The standard InChI is InChI=1S/C14H24N2O4S/c1-4-6-12(15-9-21-11(3)17)13(18)16(14(19)20)8-5-7-10(16)2/h10,12,15H,4-9H2,1-3H3/p+1/t10-,12?,16?/m1/s1. The molecule has 2 amide bonds. The van der Waals surface area contributed by atoms with Gasteiger partial charge in [0.25, 0.3) is 0 Å². The van der Waals surface area contributed by atoms with Crippen molar-refractivity contribution >= 4 is 28.9 Å². The topological polar surface area (TPSA) is 83.5 Å². The predicted octanol–water partition coefficient (Wildman–Crippen LogP) is 2.19. The Morgan fingerprint density at radius 1 is 1.43 bits per heavy atom. The molecule has 120 valence electrons. The minimum atomic E-state index is -1.06. The smallest absolute Gasteiger partial charge is 0.435 e. The molecule has 1 aliphatic heterocycles. The summed E-state index contributed by atoms with van der Waals surface area (Å²) in [5.74, 6) is 0.0539. The molecule has 0 aromatic rings. The maximum atomic E-state index is 12.8. The molecule has 2 N–H and O–H groups in total. The van der Waals surface area contributed by atoms with Crippen molar-refractivity contribution in [3.05, 3.63) is 0 Å². The number of likely N-dealkylation sites (tertiary alicyclic amines) is 1. The summed E-state index contributed by atoms with van der Waals surface area (Å²) in [5.41, 5.74) is 0. The normalized spacial score (nSPS) is 26.5. The van der Waals surface area contributed by atoms with Gasteiger partial charge < -0.3 is 5.11 Å². The van der Waals surface area contributed by atoms with E-state index in [-0.39, 0.29) is 17.1 Å². The highest BCUT2D eigenvalue weighted by Gasteiger charge is 2.54. The quantitative estimate of drug-likeness (QED) is 0.577. The molecular formula is C14H25N2O4S+. The molecule has 0 saturated carbocycles. The molecule has 21 heavy (non-hydrogen) atoms. The number of rotatable bonds is 6. The Hall–Kier alpha value is -0.920. The number of hydrogen-bond donors (Lipinski definition) is 2. The van der Waals surface area contributed by atoms with Crippen molar-refractivity contribution in [1.82, 2.24) is 5.32 Å². The first-order chi connectivity index (χ1) is 9.86. The fourth-order valence-electron chi connectivity index (χ4n) is 2.91. The highest BCUT2D eigenvalue weighted by Crippen LogP contribution is 2.29. The minimum Gasteiger partial charge on any atom is -0.435 e. The van der Waals surface area contributed by atoms with Gasteiger partial charge in [-0.15, -0.1) is 0 Å². The van der Waals surface area contributed by atoms with Gasteiger partial charge in [-0.2, -0.15) is 9.28 Å². The van der Waals surface area contributed by atoms with Gasteiger partial charge in [0.15, 0.2) is 5.12 Å². The van der Waals surface area contributed by atoms with E-state index in [1.54, 1.807) is 0 Å². The maximum Gasteiger partial charge on any atom is 0.521 e. The van der Waals surface area contributed by atoms with Crippen LogP contribution in [0.3, 0.4) is 0 Å². The van der Waals surface area contributed by atoms with Crippen molar-refractivity contribution < 1.29 is 24.0 Å². The van der Waals surface area contributed by atoms with Crippen molar-refractivity contribution in [1.29, 1.82) is 0 Å². The molecule has 0 aromatic heterocycles. The van der Waals surface area contributed by atoms with Crippen LogP contribution in [-0.4, -0.2) is 51.2 Å². The van der Waals surface area contributed by atoms with Crippen LogP contribution < -0.4 is 5.32 Å². The van der Waals surface area contributed by atoms with Gasteiger partial charge in [-0.05, 0) is 13.3 Å². The summed E-state index contributed by atoms with van der Waals surface area (Å²) in [7, 11) is 0. The lowest BCUT2D eigenvalue weighted by Gasteiger charge is -2.32. The zero-order chi connectivity index (χ0) is 16.0. The Bertz CT molecular complexity index is 416. The van der Waals surface area contributed by atoms with Crippen molar-refractivity contribution in [2.75, 3.05) is 12.4 Å². The van der Waals surface area contributed by atoms with Crippen LogP contribution in [0.1, 0.15) is 46.5 Å². The molecule has 2 unspecified atom stereocenters. The second-order valence-corrected chi connectivity index (χ2v) is 6.68. The van der Waals surface area contributed by atoms with Gasteiger partial charge in [-0.1, -0.05) is 25.1 Å². The van der Waals surface area contributed by atoms with E-state index in [2.05, 4.69) is 5.32 Å². The van der Waals surface area contributed by atoms with E-state index in [1.165, 1.54) is 6.92 Å². The number of nitrogens with one attached hydrogen (secondary N) is 1. The first-order valence-electron chi connectivity index (χ1n) is 7.38. The van der Waals surface area contributed by atoms with Crippen molar-refractivity contribution in [3.8, 4) is 0 Å². The average molecular weight is 317 g/mol. The summed E-state index contributed by atoms with van der Waals surface area (Å²) in [4.78, 5) is 35.5. The van der Waals surface area contributed by atoms with Crippen molar-refractivity contribution in [3.63, 3.8) is 0 Å². The number of carboxylic acid groups (broad SMARTS) is 1. The number of quaternary nitrogens is 1. The van der Waals surface area contributed by atoms with Crippen LogP contribution in [-0.2, 0) is 9.59 Å². The predicted molar refractivity (Wildman–Crippen MR) is 81.8 cm³/mol. The second-order valence-electron chi connectivity index (χ2n) is 5.53. The molecule has 0 bridgehead atoms. The summed E-state index contributed by atoms with van der Waals surface area (Å²) >= 11 is 1.10. The van der Waals surface area contributed by atoms with Crippen LogP contribution in [0.5, 0.6) is 0 Å². The number of carbonyl (C=O) groups is 3. The van der Waals surface area contributed by atoms with E-state index in [4.69, 9.17) is 0 Å². The monoisotopic (exact) mass is 317 g/mol. The average Bonchev–Trinajstić information content (AvgIpc) is 2.79. The highest BCUT2D eigenvalue weighted by molar-refractivity contribution is 8.13. The Kier molecular flexibility index (Phi) is 6.83. The molecule has 7 heteroatoms. The number of imide groups is 1.